The van der Waals surface area contributed by atoms with Crippen molar-refractivity contribution in [2.75, 3.05) is 13.7 Å². The third-order valence-electron chi connectivity index (χ3n) is 0.984. The zero-order chi connectivity index (χ0) is 8.69. The normalized spacial score (nSPS) is 8.91. The van der Waals surface area contributed by atoms with Gasteiger partial charge in [0, 0.05) is 0 Å². The van der Waals surface area contributed by atoms with E-state index in [0.717, 1.165) is 6.42 Å². The molecule has 0 aliphatic rings. The third-order valence-corrected chi connectivity index (χ3v) is 0.984. The highest BCUT2D eigenvalue weighted by molar-refractivity contribution is 5.91. The summed E-state index contributed by atoms with van der Waals surface area (Å²) in [6.07, 6.45) is 0.462. The van der Waals surface area contributed by atoms with Crippen LogP contribution in [0.2, 0.25) is 0 Å². The smallest absolute Gasteiger partial charge is 0.317 e. The van der Waals surface area contributed by atoms with E-state index in [2.05, 4.69) is 9.47 Å². The highest BCUT2D eigenvalue weighted by atomic mass is 16.5. The van der Waals surface area contributed by atoms with Gasteiger partial charge in [-0.3, -0.25) is 9.59 Å². The van der Waals surface area contributed by atoms with Crippen LogP contribution in [-0.2, 0) is 19.1 Å². The van der Waals surface area contributed by atoms with Gasteiger partial charge in [0.25, 0.3) is 0 Å². The van der Waals surface area contributed by atoms with Crippen molar-refractivity contribution >= 4 is 11.9 Å². The fraction of sp³-hybridized carbons (Fsp3) is 0.714. The Labute approximate surface area is 65.5 Å². The molecular weight excluding hydrogens is 148 g/mol. The molecule has 0 N–H and O–H groups in total. The van der Waals surface area contributed by atoms with Crippen LogP contribution in [0.15, 0.2) is 0 Å². The Morgan fingerprint density at radius 1 is 1.27 bits per heavy atom. The lowest BCUT2D eigenvalue weighted by molar-refractivity contribution is -0.152. The topological polar surface area (TPSA) is 52.6 Å². The number of carbonyl (C=O) groups excluding carboxylic acids is 2. The standard InChI is InChI=1S/C7H12O4/c1-3-4-11-7(9)5-6(8)10-2/h3-5H2,1-2H3. The molecular formula is C7H12O4. The Kier molecular flexibility index (Phi) is 5.15. The van der Waals surface area contributed by atoms with Gasteiger partial charge in [0.15, 0.2) is 0 Å². The lowest BCUT2D eigenvalue weighted by atomic mass is 10.4. The van der Waals surface area contributed by atoms with Crippen LogP contribution in [0.5, 0.6) is 0 Å². The Hall–Kier alpha value is -1.06. The van der Waals surface area contributed by atoms with Crippen LogP contribution in [0, 0.1) is 0 Å². The minimum absolute atomic E-state index is 0.295. The molecule has 0 fully saturated rings. The van der Waals surface area contributed by atoms with E-state index in [0.29, 0.717) is 6.61 Å². The van der Waals surface area contributed by atoms with Crippen molar-refractivity contribution in [2.45, 2.75) is 19.8 Å². The van der Waals surface area contributed by atoms with E-state index in [4.69, 9.17) is 0 Å². The molecule has 0 aromatic carbocycles. The van der Waals surface area contributed by atoms with E-state index in [9.17, 15) is 9.59 Å². The number of methoxy groups -OCH3 is 1. The molecule has 0 atom stereocenters. The van der Waals surface area contributed by atoms with Gasteiger partial charge in [0.2, 0.25) is 0 Å². The number of hydrogen-bond acceptors (Lipinski definition) is 4. The maximum absolute atomic E-state index is 10.6. The molecule has 0 aliphatic heterocycles. The molecule has 11 heavy (non-hydrogen) atoms. The average molecular weight is 160 g/mol. The highest BCUT2D eigenvalue weighted by Crippen LogP contribution is 1.90. The van der Waals surface area contributed by atoms with Crippen LogP contribution >= 0.6 is 0 Å². The van der Waals surface area contributed by atoms with Crippen molar-refractivity contribution in [1.82, 2.24) is 0 Å². The Bertz CT molecular complexity index is 141. The first-order valence-corrected chi connectivity index (χ1v) is 3.43. The summed E-state index contributed by atoms with van der Waals surface area (Å²) in [7, 11) is 1.23. The van der Waals surface area contributed by atoms with Gasteiger partial charge in [-0.15, -0.1) is 0 Å². The Balaban J connectivity index is 3.44. The zero-order valence-corrected chi connectivity index (χ0v) is 6.75. The molecule has 0 aliphatic carbocycles. The van der Waals surface area contributed by atoms with Gasteiger partial charge in [-0.2, -0.15) is 0 Å². The minimum Gasteiger partial charge on any atom is -0.469 e. The van der Waals surface area contributed by atoms with E-state index in [1.54, 1.807) is 0 Å². The molecule has 0 bridgehead atoms. The quantitative estimate of drug-likeness (QED) is 0.444. The van der Waals surface area contributed by atoms with Crippen LogP contribution in [0.1, 0.15) is 19.8 Å². The summed E-state index contributed by atoms with van der Waals surface area (Å²) in [5.74, 6) is -1.09. The summed E-state index contributed by atoms with van der Waals surface area (Å²) in [5, 5.41) is 0. The van der Waals surface area contributed by atoms with Crippen LogP contribution in [0.3, 0.4) is 0 Å². The van der Waals surface area contributed by atoms with E-state index in [-0.39, 0.29) is 6.42 Å². The van der Waals surface area contributed by atoms with Crippen molar-refractivity contribution in [3.8, 4) is 0 Å². The molecule has 0 unspecified atom stereocenters. The molecule has 0 heterocycles. The first-order chi connectivity index (χ1) is 5.20. The molecule has 4 nitrogen and oxygen atoms in total. The number of esters is 2. The summed E-state index contributed by atoms with van der Waals surface area (Å²) in [6.45, 7) is 2.24. The van der Waals surface area contributed by atoms with Gasteiger partial charge in [-0.05, 0) is 6.42 Å². The summed E-state index contributed by atoms with van der Waals surface area (Å²) < 4.78 is 8.88. The maximum Gasteiger partial charge on any atom is 0.317 e. The summed E-state index contributed by atoms with van der Waals surface area (Å²) in [6, 6.07) is 0. The number of ether oxygens (including phenoxy) is 2. The van der Waals surface area contributed by atoms with Crippen molar-refractivity contribution in [3.63, 3.8) is 0 Å². The molecule has 0 saturated carbocycles. The summed E-state index contributed by atoms with van der Waals surface area (Å²) in [4.78, 5) is 21.1. The highest BCUT2D eigenvalue weighted by Gasteiger charge is 2.09. The largest absolute Gasteiger partial charge is 0.469 e. The monoisotopic (exact) mass is 160 g/mol. The van der Waals surface area contributed by atoms with Crippen LogP contribution in [-0.4, -0.2) is 25.7 Å². The molecule has 4 heteroatoms. The van der Waals surface area contributed by atoms with Gasteiger partial charge in [-0.25, -0.2) is 0 Å². The van der Waals surface area contributed by atoms with Crippen molar-refractivity contribution in [3.05, 3.63) is 0 Å². The molecule has 0 aromatic rings. The van der Waals surface area contributed by atoms with E-state index in [1.807, 2.05) is 6.92 Å². The van der Waals surface area contributed by atoms with Crippen molar-refractivity contribution in [2.24, 2.45) is 0 Å². The lowest BCUT2D eigenvalue weighted by Gasteiger charge is -2.00. The molecule has 64 valence electrons. The van der Waals surface area contributed by atoms with Gasteiger partial charge in [0.1, 0.15) is 6.42 Å². The first kappa shape index (κ1) is 9.94. The molecule has 0 amide bonds. The Morgan fingerprint density at radius 3 is 2.36 bits per heavy atom. The second-order valence-corrected chi connectivity index (χ2v) is 1.97. The fourth-order valence-electron chi connectivity index (χ4n) is 0.457. The van der Waals surface area contributed by atoms with Crippen molar-refractivity contribution < 1.29 is 19.1 Å². The summed E-state index contributed by atoms with van der Waals surface area (Å²) >= 11 is 0. The van der Waals surface area contributed by atoms with Gasteiger partial charge < -0.3 is 9.47 Å². The fourth-order valence-corrected chi connectivity index (χ4v) is 0.457. The predicted molar refractivity (Wildman–Crippen MR) is 37.9 cm³/mol. The van der Waals surface area contributed by atoms with Crippen LogP contribution < -0.4 is 0 Å². The second-order valence-electron chi connectivity index (χ2n) is 1.97. The molecule has 0 rings (SSSR count). The number of rotatable bonds is 4. The van der Waals surface area contributed by atoms with Crippen LogP contribution in [0.4, 0.5) is 0 Å². The van der Waals surface area contributed by atoms with Gasteiger partial charge in [-0.1, -0.05) is 6.92 Å². The molecule has 0 saturated heterocycles. The summed E-state index contributed by atoms with van der Waals surface area (Å²) in [5.41, 5.74) is 0. The Morgan fingerprint density at radius 2 is 1.91 bits per heavy atom. The van der Waals surface area contributed by atoms with Gasteiger partial charge >= 0.3 is 11.9 Å². The van der Waals surface area contributed by atoms with E-state index >= 15 is 0 Å². The number of hydrogen-bond donors (Lipinski definition) is 0. The van der Waals surface area contributed by atoms with E-state index < -0.39 is 11.9 Å². The third kappa shape index (κ3) is 5.39. The SMILES string of the molecule is CCCOC(=O)CC(=O)OC. The lowest BCUT2D eigenvalue weighted by Crippen LogP contribution is -2.12. The minimum atomic E-state index is -0.564. The number of carbonyl (C=O) groups is 2. The average Bonchev–Trinajstić information content (AvgIpc) is 2.00. The van der Waals surface area contributed by atoms with Gasteiger partial charge in [0.05, 0.1) is 13.7 Å². The van der Waals surface area contributed by atoms with Crippen molar-refractivity contribution in [1.29, 1.82) is 0 Å². The second kappa shape index (κ2) is 5.70. The van der Waals surface area contributed by atoms with E-state index in [1.165, 1.54) is 7.11 Å². The maximum atomic E-state index is 10.6. The zero-order valence-electron chi connectivity index (χ0n) is 6.75. The first-order valence-electron chi connectivity index (χ1n) is 3.43. The molecule has 0 aromatic heterocycles. The van der Waals surface area contributed by atoms with Crippen LogP contribution in [0.25, 0.3) is 0 Å². The predicted octanol–water partition coefficient (Wildman–Crippen LogP) is 0.503. The molecule has 0 spiro atoms. The molecule has 0 radical (unpaired) electrons.